The van der Waals surface area contributed by atoms with E-state index >= 15 is 0 Å². The zero-order valence-electron chi connectivity index (χ0n) is 12.5. The van der Waals surface area contributed by atoms with Gasteiger partial charge >= 0.3 is 0 Å². The normalized spacial score (nSPS) is 21.0. The number of oxazole rings is 1. The smallest absolute Gasteiger partial charge is 0.273 e. The van der Waals surface area contributed by atoms with Gasteiger partial charge in [-0.15, -0.1) is 0 Å². The Labute approximate surface area is 128 Å². The van der Waals surface area contributed by atoms with E-state index < -0.39 is 0 Å². The molecule has 116 valence electrons. The molecule has 22 heavy (non-hydrogen) atoms. The van der Waals surface area contributed by atoms with Gasteiger partial charge in [-0.05, 0) is 49.8 Å². The number of benzene rings is 1. The van der Waals surface area contributed by atoms with Gasteiger partial charge in [0.15, 0.2) is 12.1 Å². The third-order valence-electron chi connectivity index (χ3n) is 4.35. The number of hydrogen-bond donors (Lipinski definition) is 1. The molecule has 1 saturated carbocycles. The summed E-state index contributed by atoms with van der Waals surface area (Å²) in [6, 6.07) is 6.73. The minimum Gasteiger partial charge on any atom is -0.448 e. The predicted molar refractivity (Wildman–Crippen MR) is 79.9 cm³/mol. The Kier molecular flexibility index (Phi) is 4.22. The van der Waals surface area contributed by atoms with Crippen molar-refractivity contribution in [1.29, 1.82) is 0 Å². The van der Waals surface area contributed by atoms with Gasteiger partial charge in [0.2, 0.25) is 0 Å². The lowest BCUT2D eigenvalue weighted by molar-refractivity contribution is 0.0922. The molecule has 0 unspecified atom stereocenters. The molecule has 1 aromatic heterocycles. The molecule has 2 atom stereocenters. The van der Waals surface area contributed by atoms with Crippen molar-refractivity contribution in [2.45, 2.75) is 38.6 Å². The third-order valence-corrected chi connectivity index (χ3v) is 4.35. The summed E-state index contributed by atoms with van der Waals surface area (Å²) >= 11 is 0. The van der Waals surface area contributed by atoms with Gasteiger partial charge in [0.05, 0.1) is 0 Å². The van der Waals surface area contributed by atoms with E-state index in [0.29, 0.717) is 17.4 Å². The van der Waals surface area contributed by atoms with Crippen LogP contribution in [0.4, 0.5) is 4.39 Å². The molecule has 4 nitrogen and oxygen atoms in total. The van der Waals surface area contributed by atoms with Crippen molar-refractivity contribution < 1.29 is 13.6 Å². The number of nitrogens with zero attached hydrogens (tertiary/aromatic N) is 1. The first kappa shape index (κ1) is 14.8. The second kappa shape index (κ2) is 6.30. The van der Waals surface area contributed by atoms with Crippen LogP contribution in [0.5, 0.6) is 0 Å². The summed E-state index contributed by atoms with van der Waals surface area (Å²) < 4.78 is 18.0. The summed E-state index contributed by atoms with van der Waals surface area (Å²) in [6.07, 6.45) is 5.27. The Morgan fingerprint density at radius 3 is 2.82 bits per heavy atom. The second-order valence-electron chi connectivity index (χ2n) is 5.86. The molecule has 0 bridgehead atoms. The van der Waals surface area contributed by atoms with E-state index in [1.54, 1.807) is 6.92 Å². The Morgan fingerprint density at radius 1 is 1.36 bits per heavy atom. The molecule has 1 aromatic carbocycles. The summed E-state index contributed by atoms with van der Waals surface area (Å²) in [5, 5.41) is 3.07. The molecule has 0 radical (unpaired) electrons. The highest BCUT2D eigenvalue weighted by Crippen LogP contribution is 2.29. The van der Waals surface area contributed by atoms with Gasteiger partial charge in [-0.25, -0.2) is 9.37 Å². The van der Waals surface area contributed by atoms with Crippen molar-refractivity contribution >= 4 is 5.91 Å². The van der Waals surface area contributed by atoms with Crippen LogP contribution in [-0.4, -0.2) is 16.9 Å². The molecule has 0 aliphatic heterocycles. The SMILES string of the molecule is Cc1ocnc1C(=O)N[C@H]1CCC[C@H]1Cc1ccc(F)cc1. The van der Waals surface area contributed by atoms with E-state index in [1.807, 2.05) is 12.1 Å². The Bertz CT molecular complexity index is 651. The third kappa shape index (κ3) is 3.18. The van der Waals surface area contributed by atoms with Gasteiger partial charge < -0.3 is 9.73 Å². The molecule has 2 aromatic rings. The number of hydrogen-bond acceptors (Lipinski definition) is 3. The molecule has 1 N–H and O–H groups in total. The fraction of sp³-hybridized carbons (Fsp3) is 0.412. The van der Waals surface area contributed by atoms with Crippen molar-refractivity contribution in [3.63, 3.8) is 0 Å². The summed E-state index contributed by atoms with van der Waals surface area (Å²) in [4.78, 5) is 16.2. The van der Waals surface area contributed by atoms with E-state index in [0.717, 1.165) is 31.2 Å². The van der Waals surface area contributed by atoms with Gasteiger partial charge in [0.1, 0.15) is 11.6 Å². The quantitative estimate of drug-likeness (QED) is 0.943. The van der Waals surface area contributed by atoms with Crippen LogP contribution in [0, 0.1) is 18.7 Å². The maximum Gasteiger partial charge on any atom is 0.273 e. The van der Waals surface area contributed by atoms with Gasteiger partial charge in [-0.1, -0.05) is 18.6 Å². The van der Waals surface area contributed by atoms with E-state index in [9.17, 15) is 9.18 Å². The Hall–Kier alpha value is -2.17. The predicted octanol–water partition coefficient (Wildman–Crippen LogP) is 3.26. The minimum atomic E-state index is -0.221. The number of aromatic nitrogens is 1. The summed E-state index contributed by atoms with van der Waals surface area (Å²) in [5.74, 6) is 0.510. The van der Waals surface area contributed by atoms with Crippen molar-refractivity contribution in [3.8, 4) is 0 Å². The molecule has 1 heterocycles. The van der Waals surface area contributed by atoms with Crippen molar-refractivity contribution in [2.24, 2.45) is 5.92 Å². The van der Waals surface area contributed by atoms with Crippen molar-refractivity contribution in [3.05, 3.63) is 53.5 Å². The number of carbonyl (C=O) groups excluding carboxylic acids is 1. The van der Waals surface area contributed by atoms with E-state index in [2.05, 4.69) is 10.3 Å². The molecule has 1 fully saturated rings. The van der Waals surface area contributed by atoms with Crippen LogP contribution in [0.15, 0.2) is 35.1 Å². The van der Waals surface area contributed by atoms with Gasteiger partial charge in [0, 0.05) is 6.04 Å². The molecule has 1 aliphatic rings. The summed E-state index contributed by atoms with van der Waals surface area (Å²) in [7, 11) is 0. The topological polar surface area (TPSA) is 55.1 Å². The van der Waals surface area contributed by atoms with Crippen LogP contribution < -0.4 is 5.32 Å². The number of aryl methyl sites for hydroxylation is 1. The standard InChI is InChI=1S/C17H19FN2O2/c1-11-16(19-10-22-11)17(21)20-15-4-2-3-13(15)9-12-5-7-14(18)8-6-12/h5-8,10,13,15H,2-4,9H2,1H3,(H,20,21)/t13-,15-/m0/s1. The van der Waals surface area contributed by atoms with E-state index in [4.69, 9.17) is 4.42 Å². The maximum atomic E-state index is 13.0. The van der Waals surface area contributed by atoms with Crippen molar-refractivity contribution in [1.82, 2.24) is 10.3 Å². The number of amides is 1. The average Bonchev–Trinajstić information content (AvgIpc) is 3.11. The lowest BCUT2D eigenvalue weighted by Gasteiger charge is -2.20. The van der Waals surface area contributed by atoms with Gasteiger partial charge in [-0.3, -0.25) is 4.79 Å². The zero-order chi connectivity index (χ0) is 15.5. The van der Waals surface area contributed by atoms with Crippen LogP contribution in [0.2, 0.25) is 0 Å². The fourth-order valence-electron chi connectivity index (χ4n) is 3.15. The highest BCUT2D eigenvalue weighted by atomic mass is 19.1. The molecular formula is C17H19FN2O2. The monoisotopic (exact) mass is 302 g/mol. The van der Waals surface area contributed by atoms with Crippen molar-refractivity contribution in [2.75, 3.05) is 0 Å². The van der Waals surface area contributed by atoms with Crippen LogP contribution in [0.1, 0.15) is 41.1 Å². The number of nitrogens with one attached hydrogen (secondary N) is 1. The molecule has 3 rings (SSSR count). The highest BCUT2D eigenvalue weighted by Gasteiger charge is 2.29. The fourth-order valence-corrected chi connectivity index (χ4v) is 3.15. The molecule has 0 spiro atoms. The van der Waals surface area contributed by atoms with E-state index in [-0.39, 0.29) is 17.8 Å². The Balaban J connectivity index is 1.64. The maximum absolute atomic E-state index is 13.0. The average molecular weight is 302 g/mol. The number of halogens is 1. The first-order valence-electron chi connectivity index (χ1n) is 7.59. The molecule has 1 aliphatic carbocycles. The van der Waals surface area contributed by atoms with Gasteiger partial charge in [-0.2, -0.15) is 0 Å². The number of rotatable bonds is 4. The lowest BCUT2D eigenvalue weighted by Crippen LogP contribution is -2.38. The second-order valence-corrected chi connectivity index (χ2v) is 5.86. The van der Waals surface area contributed by atoms with E-state index in [1.165, 1.54) is 18.5 Å². The van der Waals surface area contributed by atoms with Crippen LogP contribution >= 0.6 is 0 Å². The minimum absolute atomic E-state index is 0.133. The lowest BCUT2D eigenvalue weighted by atomic mass is 9.94. The molecule has 1 amide bonds. The highest BCUT2D eigenvalue weighted by molar-refractivity contribution is 5.93. The van der Waals surface area contributed by atoms with Gasteiger partial charge in [0.25, 0.3) is 5.91 Å². The molecular weight excluding hydrogens is 283 g/mol. The molecule has 5 heteroatoms. The first-order valence-corrected chi connectivity index (χ1v) is 7.59. The zero-order valence-corrected chi connectivity index (χ0v) is 12.5. The van der Waals surface area contributed by atoms with Crippen LogP contribution in [0.25, 0.3) is 0 Å². The largest absolute Gasteiger partial charge is 0.448 e. The van der Waals surface area contributed by atoms with Crippen LogP contribution in [-0.2, 0) is 6.42 Å². The first-order chi connectivity index (χ1) is 10.6. The Morgan fingerprint density at radius 2 is 2.14 bits per heavy atom. The summed E-state index contributed by atoms with van der Waals surface area (Å²) in [6.45, 7) is 1.73. The van der Waals surface area contributed by atoms with Crippen LogP contribution in [0.3, 0.4) is 0 Å². The number of carbonyl (C=O) groups is 1. The molecule has 0 saturated heterocycles. The summed E-state index contributed by atoms with van der Waals surface area (Å²) in [5.41, 5.74) is 1.46.